The minimum atomic E-state index is -0.478. The van der Waals surface area contributed by atoms with Gasteiger partial charge in [-0.15, -0.1) is 0 Å². The minimum Gasteiger partial charge on any atom is -0.493 e. The summed E-state index contributed by atoms with van der Waals surface area (Å²) in [6.07, 6.45) is -0.478. The molecule has 0 saturated carbocycles. The number of hydrogen-bond donors (Lipinski definition) is 1. The lowest BCUT2D eigenvalue weighted by molar-refractivity contribution is 0.198. The fraction of sp³-hybridized carbons (Fsp3) is 0.294. The molecular formula is C17H18O3. The SMILES string of the molecule is CC(O)c1cccc(OCC2COc3ccccc32)c1. The van der Waals surface area contributed by atoms with Crippen LogP contribution in [0.15, 0.2) is 48.5 Å². The van der Waals surface area contributed by atoms with Crippen LogP contribution in [0, 0.1) is 0 Å². The van der Waals surface area contributed by atoms with Gasteiger partial charge in [-0.1, -0.05) is 30.3 Å². The molecule has 0 aromatic heterocycles. The summed E-state index contributed by atoms with van der Waals surface area (Å²) in [6.45, 7) is 3.00. The first-order valence-electron chi connectivity index (χ1n) is 6.86. The molecule has 0 amide bonds. The van der Waals surface area contributed by atoms with Gasteiger partial charge in [0.1, 0.15) is 11.5 Å². The second-order valence-electron chi connectivity index (χ2n) is 5.11. The molecule has 2 aromatic carbocycles. The fourth-order valence-corrected chi connectivity index (χ4v) is 2.43. The number of aliphatic hydroxyl groups excluding tert-OH is 1. The molecule has 0 saturated heterocycles. The van der Waals surface area contributed by atoms with Gasteiger partial charge in [0, 0.05) is 5.56 Å². The molecule has 3 rings (SSSR count). The Morgan fingerprint density at radius 2 is 2.10 bits per heavy atom. The van der Waals surface area contributed by atoms with Gasteiger partial charge in [-0.05, 0) is 30.7 Å². The lowest BCUT2D eigenvalue weighted by Gasteiger charge is -2.13. The van der Waals surface area contributed by atoms with Gasteiger partial charge in [0.15, 0.2) is 0 Å². The highest BCUT2D eigenvalue weighted by molar-refractivity contribution is 5.40. The minimum absolute atomic E-state index is 0.265. The summed E-state index contributed by atoms with van der Waals surface area (Å²) in [5.74, 6) is 2.01. The largest absolute Gasteiger partial charge is 0.493 e. The van der Waals surface area contributed by atoms with E-state index >= 15 is 0 Å². The zero-order valence-electron chi connectivity index (χ0n) is 11.5. The van der Waals surface area contributed by atoms with Crippen molar-refractivity contribution < 1.29 is 14.6 Å². The molecule has 0 aliphatic carbocycles. The van der Waals surface area contributed by atoms with Gasteiger partial charge >= 0.3 is 0 Å². The number of rotatable bonds is 4. The second kappa shape index (κ2) is 5.55. The van der Waals surface area contributed by atoms with Crippen molar-refractivity contribution in [1.29, 1.82) is 0 Å². The molecular weight excluding hydrogens is 252 g/mol. The number of fused-ring (bicyclic) bond motifs is 1. The lowest BCUT2D eigenvalue weighted by Crippen LogP contribution is -2.11. The summed E-state index contributed by atoms with van der Waals surface area (Å²) in [5.41, 5.74) is 2.07. The highest BCUT2D eigenvalue weighted by atomic mass is 16.5. The quantitative estimate of drug-likeness (QED) is 0.926. The van der Waals surface area contributed by atoms with Crippen LogP contribution >= 0.6 is 0 Å². The van der Waals surface area contributed by atoms with E-state index in [0.29, 0.717) is 13.2 Å². The molecule has 3 heteroatoms. The molecule has 1 N–H and O–H groups in total. The third-order valence-electron chi connectivity index (χ3n) is 3.59. The van der Waals surface area contributed by atoms with E-state index in [-0.39, 0.29) is 5.92 Å². The Morgan fingerprint density at radius 1 is 1.25 bits per heavy atom. The van der Waals surface area contributed by atoms with E-state index in [1.165, 1.54) is 5.56 Å². The Balaban J connectivity index is 1.67. The van der Waals surface area contributed by atoms with Crippen molar-refractivity contribution >= 4 is 0 Å². The average Bonchev–Trinajstić information content (AvgIpc) is 2.89. The fourth-order valence-electron chi connectivity index (χ4n) is 2.43. The molecule has 0 fully saturated rings. The zero-order valence-corrected chi connectivity index (χ0v) is 11.5. The maximum absolute atomic E-state index is 9.58. The van der Waals surface area contributed by atoms with E-state index in [0.717, 1.165) is 17.1 Å². The van der Waals surface area contributed by atoms with Crippen LogP contribution in [0.1, 0.15) is 30.1 Å². The van der Waals surface area contributed by atoms with E-state index < -0.39 is 6.10 Å². The smallest absolute Gasteiger partial charge is 0.123 e. The molecule has 2 aromatic rings. The zero-order chi connectivity index (χ0) is 13.9. The Labute approximate surface area is 118 Å². The number of benzene rings is 2. The summed E-state index contributed by atoms with van der Waals surface area (Å²) < 4.78 is 11.5. The Morgan fingerprint density at radius 3 is 2.95 bits per heavy atom. The first-order chi connectivity index (χ1) is 9.74. The van der Waals surface area contributed by atoms with E-state index in [1.807, 2.05) is 42.5 Å². The molecule has 0 spiro atoms. The summed E-state index contributed by atoms with van der Waals surface area (Å²) in [5, 5.41) is 9.58. The van der Waals surface area contributed by atoms with Crippen molar-refractivity contribution in [2.45, 2.75) is 18.9 Å². The van der Waals surface area contributed by atoms with Gasteiger partial charge in [0.05, 0.1) is 25.2 Å². The van der Waals surface area contributed by atoms with Gasteiger partial charge < -0.3 is 14.6 Å². The third-order valence-corrected chi connectivity index (χ3v) is 3.59. The summed E-state index contributed by atoms with van der Waals surface area (Å²) in [7, 11) is 0. The molecule has 1 heterocycles. The van der Waals surface area contributed by atoms with Crippen molar-refractivity contribution in [3.63, 3.8) is 0 Å². The maximum Gasteiger partial charge on any atom is 0.123 e. The summed E-state index contributed by atoms with van der Waals surface area (Å²) >= 11 is 0. The first kappa shape index (κ1) is 13.0. The van der Waals surface area contributed by atoms with Crippen LogP contribution in [0.4, 0.5) is 0 Å². The molecule has 1 aliphatic rings. The highest BCUT2D eigenvalue weighted by Crippen LogP contribution is 2.33. The van der Waals surface area contributed by atoms with Crippen LogP contribution in [0.5, 0.6) is 11.5 Å². The number of ether oxygens (including phenoxy) is 2. The molecule has 0 bridgehead atoms. The van der Waals surface area contributed by atoms with Crippen molar-refractivity contribution in [1.82, 2.24) is 0 Å². The van der Waals surface area contributed by atoms with Gasteiger partial charge in [-0.25, -0.2) is 0 Å². The molecule has 2 atom stereocenters. The van der Waals surface area contributed by atoms with Crippen LogP contribution < -0.4 is 9.47 Å². The van der Waals surface area contributed by atoms with E-state index in [4.69, 9.17) is 9.47 Å². The molecule has 2 unspecified atom stereocenters. The standard InChI is InChI=1S/C17H18O3/c1-12(18)13-5-4-6-15(9-13)19-10-14-11-20-17-8-3-2-7-16(14)17/h2-9,12,14,18H,10-11H2,1H3. The van der Waals surface area contributed by atoms with Crippen LogP contribution in [-0.2, 0) is 0 Å². The monoisotopic (exact) mass is 270 g/mol. The maximum atomic E-state index is 9.58. The predicted octanol–water partition coefficient (Wildman–Crippen LogP) is 3.29. The Hall–Kier alpha value is -2.00. The predicted molar refractivity (Wildman–Crippen MR) is 77.2 cm³/mol. The number of hydrogen-bond acceptors (Lipinski definition) is 3. The number of aliphatic hydroxyl groups is 1. The highest BCUT2D eigenvalue weighted by Gasteiger charge is 2.24. The Bertz CT molecular complexity index is 592. The van der Waals surface area contributed by atoms with E-state index in [1.54, 1.807) is 6.92 Å². The van der Waals surface area contributed by atoms with Gasteiger partial charge in [-0.2, -0.15) is 0 Å². The van der Waals surface area contributed by atoms with Crippen LogP contribution in [0.2, 0.25) is 0 Å². The molecule has 3 nitrogen and oxygen atoms in total. The molecule has 0 radical (unpaired) electrons. The van der Waals surface area contributed by atoms with Crippen LogP contribution in [0.25, 0.3) is 0 Å². The van der Waals surface area contributed by atoms with Crippen LogP contribution in [0.3, 0.4) is 0 Å². The van der Waals surface area contributed by atoms with E-state index in [2.05, 4.69) is 6.07 Å². The van der Waals surface area contributed by atoms with Crippen LogP contribution in [-0.4, -0.2) is 18.3 Å². The third kappa shape index (κ3) is 2.63. The molecule has 104 valence electrons. The Kier molecular flexibility index (Phi) is 3.61. The summed E-state index contributed by atoms with van der Waals surface area (Å²) in [4.78, 5) is 0. The lowest BCUT2D eigenvalue weighted by atomic mass is 10.0. The molecule has 1 aliphatic heterocycles. The van der Waals surface area contributed by atoms with Crippen molar-refractivity contribution in [3.8, 4) is 11.5 Å². The van der Waals surface area contributed by atoms with Gasteiger partial charge in [-0.3, -0.25) is 0 Å². The second-order valence-corrected chi connectivity index (χ2v) is 5.11. The van der Waals surface area contributed by atoms with Gasteiger partial charge in [0.2, 0.25) is 0 Å². The normalized spacial score (nSPS) is 18.2. The number of para-hydroxylation sites is 1. The first-order valence-corrected chi connectivity index (χ1v) is 6.86. The topological polar surface area (TPSA) is 38.7 Å². The van der Waals surface area contributed by atoms with E-state index in [9.17, 15) is 5.11 Å². The average molecular weight is 270 g/mol. The van der Waals surface area contributed by atoms with Gasteiger partial charge in [0.25, 0.3) is 0 Å². The molecule has 20 heavy (non-hydrogen) atoms. The van der Waals surface area contributed by atoms with Crippen molar-refractivity contribution in [2.24, 2.45) is 0 Å². The van der Waals surface area contributed by atoms with Crippen molar-refractivity contribution in [3.05, 3.63) is 59.7 Å². The summed E-state index contributed by atoms with van der Waals surface area (Å²) in [6, 6.07) is 15.7. The van der Waals surface area contributed by atoms with Crippen molar-refractivity contribution in [2.75, 3.05) is 13.2 Å².